The Kier molecular flexibility index (Phi) is 9.04. The molecule has 2 saturated heterocycles. The van der Waals surface area contributed by atoms with Gasteiger partial charge in [-0.2, -0.15) is 5.26 Å². The SMILES string of the molecule is C=CCN1C2c3c(cc(C)c(OC)c3O)CC1[C@H](C#N)N1[C@H]2[C@@H]2SC[C@]3(NCCc4cc(O)c(OC)cc43)C(=O)OC[C@H]1c1c3c(c(C)c(OC(C)=O)c12)OCO3. The van der Waals surface area contributed by atoms with E-state index in [2.05, 4.69) is 27.8 Å². The molecule has 3 aromatic rings. The van der Waals surface area contributed by atoms with Crippen LogP contribution in [0.2, 0.25) is 0 Å². The monoisotopic (exact) mass is 796 g/mol. The Hall–Kier alpha value is -5.14. The first-order valence-corrected chi connectivity index (χ1v) is 20.1. The van der Waals surface area contributed by atoms with Gasteiger partial charge in [-0.05, 0) is 61.1 Å². The van der Waals surface area contributed by atoms with E-state index in [1.54, 1.807) is 12.1 Å². The molecule has 298 valence electrons. The van der Waals surface area contributed by atoms with Crippen LogP contribution in [0, 0.1) is 25.2 Å². The number of thioether (sulfide) groups is 1. The topological polar surface area (TPSA) is 172 Å². The highest BCUT2D eigenvalue weighted by atomic mass is 32.2. The number of nitrogens with zero attached hydrogens (tertiary/aromatic N) is 3. The van der Waals surface area contributed by atoms with Crippen molar-refractivity contribution in [3.05, 3.63) is 75.4 Å². The van der Waals surface area contributed by atoms with E-state index in [0.717, 1.165) is 16.7 Å². The smallest absolute Gasteiger partial charge is 0.331 e. The Labute approximate surface area is 334 Å². The van der Waals surface area contributed by atoms with E-state index in [4.69, 9.17) is 28.4 Å². The Bertz CT molecular complexity index is 2290. The Morgan fingerprint density at radius 1 is 1.11 bits per heavy atom. The van der Waals surface area contributed by atoms with Crippen LogP contribution in [0.15, 0.2) is 30.9 Å². The summed E-state index contributed by atoms with van der Waals surface area (Å²) in [5, 5.41) is 37.2. The molecule has 0 amide bonds. The molecule has 57 heavy (non-hydrogen) atoms. The Morgan fingerprint density at radius 3 is 2.61 bits per heavy atom. The van der Waals surface area contributed by atoms with E-state index in [0.29, 0.717) is 76.7 Å². The number of benzene rings is 3. The van der Waals surface area contributed by atoms with Crippen LogP contribution in [0.4, 0.5) is 0 Å². The maximum absolute atomic E-state index is 14.8. The third-order valence-electron chi connectivity index (χ3n) is 12.6. The van der Waals surface area contributed by atoms with Crippen molar-refractivity contribution in [2.75, 3.05) is 46.5 Å². The van der Waals surface area contributed by atoms with E-state index >= 15 is 0 Å². The minimum absolute atomic E-state index is 0.0262. The molecule has 0 aromatic heterocycles. The molecule has 14 nitrogen and oxygen atoms in total. The zero-order valence-electron chi connectivity index (χ0n) is 32.3. The number of hydrogen-bond donors (Lipinski definition) is 3. The number of methoxy groups -OCH3 is 2. The van der Waals surface area contributed by atoms with Gasteiger partial charge in [0.1, 0.15) is 18.4 Å². The summed E-state index contributed by atoms with van der Waals surface area (Å²) in [6.45, 7) is 9.75. The van der Waals surface area contributed by atoms with Crippen molar-refractivity contribution in [1.29, 1.82) is 5.26 Å². The number of esters is 2. The van der Waals surface area contributed by atoms with Crippen LogP contribution in [0.3, 0.4) is 0 Å². The Morgan fingerprint density at radius 2 is 1.89 bits per heavy atom. The molecule has 3 aromatic carbocycles. The average molecular weight is 797 g/mol. The summed E-state index contributed by atoms with van der Waals surface area (Å²) in [6, 6.07) is 5.08. The van der Waals surface area contributed by atoms with Gasteiger partial charge in [0.25, 0.3) is 0 Å². The van der Waals surface area contributed by atoms with Gasteiger partial charge < -0.3 is 38.6 Å². The van der Waals surface area contributed by atoms with Gasteiger partial charge in [-0.25, -0.2) is 4.79 Å². The van der Waals surface area contributed by atoms with Crippen molar-refractivity contribution >= 4 is 23.7 Å². The maximum atomic E-state index is 14.8. The van der Waals surface area contributed by atoms with Gasteiger partial charge in [-0.15, -0.1) is 18.3 Å². The van der Waals surface area contributed by atoms with Crippen molar-refractivity contribution in [1.82, 2.24) is 15.1 Å². The zero-order valence-corrected chi connectivity index (χ0v) is 33.2. The third-order valence-corrected chi connectivity index (χ3v) is 14.1. The molecule has 7 aliphatic rings. The number of ether oxygens (including phenoxy) is 6. The van der Waals surface area contributed by atoms with Crippen molar-refractivity contribution in [3.63, 3.8) is 0 Å². The van der Waals surface area contributed by atoms with Crippen LogP contribution in [0.5, 0.6) is 40.2 Å². The van der Waals surface area contributed by atoms with Gasteiger partial charge in [-0.1, -0.05) is 12.1 Å². The van der Waals surface area contributed by atoms with E-state index < -0.39 is 46.9 Å². The third kappa shape index (κ3) is 5.26. The fourth-order valence-electron chi connectivity index (χ4n) is 10.4. The molecule has 15 heteroatoms. The van der Waals surface area contributed by atoms with Crippen LogP contribution in [0.25, 0.3) is 0 Å². The summed E-state index contributed by atoms with van der Waals surface area (Å²) < 4.78 is 36.2. The lowest BCUT2D eigenvalue weighted by molar-refractivity contribution is -0.157. The molecule has 4 bridgehead atoms. The number of aryl methyl sites for hydroxylation is 1. The second-order valence-corrected chi connectivity index (χ2v) is 16.5. The second kappa shape index (κ2) is 13.8. The van der Waals surface area contributed by atoms with Gasteiger partial charge in [0, 0.05) is 60.1 Å². The molecule has 0 radical (unpaired) electrons. The minimum Gasteiger partial charge on any atom is -0.504 e. The first-order chi connectivity index (χ1) is 27.5. The normalized spacial score (nSPS) is 28.2. The first kappa shape index (κ1) is 37.4. The largest absolute Gasteiger partial charge is 0.504 e. The summed E-state index contributed by atoms with van der Waals surface area (Å²) in [4.78, 5) is 32.2. The van der Waals surface area contributed by atoms with Gasteiger partial charge in [0.2, 0.25) is 6.79 Å². The van der Waals surface area contributed by atoms with Crippen LogP contribution in [0.1, 0.15) is 68.8 Å². The van der Waals surface area contributed by atoms with Crippen LogP contribution in [-0.4, -0.2) is 96.5 Å². The fraction of sp³-hybridized carbons (Fsp3) is 0.452. The van der Waals surface area contributed by atoms with Crippen LogP contribution < -0.4 is 29.0 Å². The highest BCUT2D eigenvalue weighted by Gasteiger charge is 2.62. The molecule has 0 aliphatic carbocycles. The molecule has 10 rings (SSSR count). The minimum atomic E-state index is -1.38. The van der Waals surface area contributed by atoms with Crippen molar-refractivity contribution < 1.29 is 48.2 Å². The van der Waals surface area contributed by atoms with Gasteiger partial charge in [0.05, 0.1) is 37.6 Å². The van der Waals surface area contributed by atoms with Gasteiger partial charge in [0.15, 0.2) is 40.0 Å². The van der Waals surface area contributed by atoms with E-state index in [1.807, 2.05) is 26.0 Å². The molecule has 7 heterocycles. The molecule has 7 atom stereocenters. The average Bonchev–Trinajstić information content (AvgIpc) is 3.68. The number of nitriles is 1. The number of piperazine rings is 1. The zero-order chi connectivity index (χ0) is 40.1. The molecular formula is C42H44N4O10S. The number of carbonyl (C=O) groups is 2. The number of rotatable bonds is 5. The lowest BCUT2D eigenvalue weighted by atomic mass is 9.71. The predicted octanol–water partition coefficient (Wildman–Crippen LogP) is 4.54. The summed E-state index contributed by atoms with van der Waals surface area (Å²) in [5.74, 6) is 0.869. The number of aromatic hydroxyl groups is 2. The number of phenolic OH excluding ortho intramolecular Hbond substituents is 2. The number of phenols is 2. The van der Waals surface area contributed by atoms with Crippen molar-refractivity contribution in [3.8, 4) is 46.3 Å². The fourth-order valence-corrected chi connectivity index (χ4v) is 12.1. The van der Waals surface area contributed by atoms with E-state index in [-0.39, 0.29) is 42.4 Å². The number of fused-ring (bicyclic) bond motifs is 9. The van der Waals surface area contributed by atoms with Crippen LogP contribution in [-0.2, 0) is 32.7 Å². The van der Waals surface area contributed by atoms with Crippen molar-refractivity contribution in [2.45, 2.75) is 74.6 Å². The molecular weight excluding hydrogens is 753 g/mol. The Balaban J connectivity index is 1.35. The lowest BCUT2D eigenvalue weighted by Gasteiger charge is -2.62. The summed E-state index contributed by atoms with van der Waals surface area (Å²) >= 11 is 1.47. The molecule has 7 aliphatic heterocycles. The molecule has 2 unspecified atom stereocenters. The predicted molar refractivity (Wildman–Crippen MR) is 207 cm³/mol. The second-order valence-electron chi connectivity index (χ2n) is 15.4. The van der Waals surface area contributed by atoms with Crippen LogP contribution >= 0.6 is 11.8 Å². The number of nitrogens with one attached hydrogen (secondary N) is 1. The quantitative estimate of drug-likeness (QED) is 0.187. The standard InChI is InChI=1S/C42H44N4O10S/c1-7-10-45-25-12-23-11-19(2)36(52-6)35(49)30(23)33(45)34-40-32-31(39-38(54-18-55-39)20(3)37(32)56-21(4)47)27(46(34)26(25)15-43)16-53-41(50)42(17-57-40)24-14-29(51-5)28(48)13-22(24)8-9-44-42/h7,11,13-14,25-27,33-34,40,44,48-49H,1,8-10,12,16-18H2,2-6H3/t25?,26-,27-,33?,34+,40+,42+/m0/s1. The number of carbonyl (C=O) groups excluding carboxylic acids is 2. The highest BCUT2D eigenvalue weighted by molar-refractivity contribution is 7.99. The molecule has 0 saturated carbocycles. The molecule has 3 N–H and O–H groups in total. The first-order valence-electron chi connectivity index (χ1n) is 19.0. The van der Waals surface area contributed by atoms with Crippen molar-refractivity contribution in [2.24, 2.45) is 0 Å². The van der Waals surface area contributed by atoms with E-state index in [9.17, 15) is 25.1 Å². The maximum Gasteiger partial charge on any atom is 0.331 e. The highest BCUT2D eigenvalue weighted by Crippen LogP contribution is 2.65. The van der Waals surface area contributed by atoms with E-state index in [1.165, 1.54) is 32.9 Å². The lowest BCUT2D eigenvalue weighted by Crippen LogP contribution is -2.70. The summed E-state index contributed by atoms with van der Waals surface area (Å²) in [5.41, 5.74) is 4.30. The molecule has 1 spiro atoms. The summed E-state index contributed by atoms with van der Waals surface area (Å²) in [6.07, 6.45) is 2.82. The number of hydrogen-bond acceptors (Lipinski definition) is 15. The molecule has 2 fully saturated rings. The van der Waals surface area contributed by atoms with Gasteiger partial charge >= 0.3 is 11.9 Å². The summed E-state index contributed by atoms with van der Waals surface area (Å²) in [7, 11) is 3.00. The van der Waals surface area contributed by atoms with Gasteiger partial charge in [-0.3, -0.25) is 19.9 Å².